The van der Waals surface area contributed by atoms with E-state index in [0.29, 0.717) is 6.61 Å². The average molecular weight is 275 g/mol. The van der Waals surface area contributed by atoms with Crippen LogP contribution in [0.1, 0.15) is 45.9 Å². The van der Waals surface area contributed by atoms with Crippen molar-refractivity contribution >= 4 is 11.0 Å². The van der Waals surface area contributed by atoms with Crippen molar-refractivity contribution in [1.82, 2.24) is 5.32 Å². The Morgan fingerprint density at radius 2 is 1.95 bits per heavy atom. The van der Waals surface area contributed by atoms with Crippen LogP contribution in [0.3, 0.4) is 0 Å². The molecule has 0 atom stereocenters. The van der Waals surface area contributed by atoms with Gasteiger partial charge in [-0.15, -0.1) is 0 Å². The molecule has 0 aliphatic rings. The fraction of sp³-hybridized carbons (Fsp3) is 0.529. The van der Waals surface area contributed by atoms with Gasteiger partial charge in [-0.3, -0.25) is 0 Å². The van der Waals surface area contributed by atoms with Crippen LogP contribution in [0, 0.1) is 0 Å². The molecule has 20 heavy (non-hydrogen) atoms. The van der Waals surface area contributed by atoms with Gasteiger partial charge in [-0.2, -0.15) is 0 Å². The number of furan rings is 1. The van der Waals surface area contributed by atoms with Gasteiger partial charge in [-0.1, -0.05) is 6.92 Å². The van der Waals surface area contributed by atoms with Crippen molar-refractivity contribution in [1.29, 1.82) is 0 Å². The van der Waals surface area contributed by atoms with Gasteiger partial charge in [0.05, 0.1) is 13.2 Å². The molecule has 0 saturated heterocycles. The largest absolute Gasteiger partial charge is 0.494 e. The highest BCUT2D eigenvalue weighted by Crippen LogP contribution is 2.30. The molecule has 1 aromatic carbocycles. The van der Waals surface area contributed by atoms with Gasteiger partial charge in [0, 0.05) is 16.5 Å². The van der Waals surface area contributed by atoms with Crippen molar-refractivity contribution in [3.63, 3.8) is 0 Å². The van der Waals surface area contributed by atoms with E-state index in [2.05, 4.69) is 39.1 Å². The standard InChI is InChI=1S/C17H25NO2/c1-6-13-14-10-12(19-7-2)8-9-15(14)20-16(13)11-18-17(3,4)5/h8-10,18H,6-7,11H2,1-5H3. The van der Waals surface area contributed by atoms with E-state index in [4.69, 9.17) is 9.15 Å². The molecule has 1 aromatic heterocycles. The molecule has 1 heterocycles. The quantitative estimate of drug-likeness (QED) is 0.884. The smallest absolute Gasteiger partial charge is 0.134 e. The molecule has 0 saturated carbocycles. The lowest BCUT2D eigenvalue weighted by Crippen LogP contribution is -2.35. The number of benzene rings is 1. The van der Waals surface area contributed by atoms with Crippen LogP contribution in [-0.2, 0) is 13.0 Å². The molecule has 0 unspecified atom stereocenters. The highest BCUT2D eigenvalue weighted by atomic mass is 16.5. The number of fused-ring (bicyclic) bond motifs is 1. The van der Waals surface area contributed by atoms with Crippen LogP contribution in [0.2, 0.25) is 0 Å². The number of nitrogens with one attached hydrogen (secondary N) is 1. The fourth-order valence-corrected chi connectivity index (χ4v) is 2.31. The van der Waals surface area contributed by atoms with Crippen molar-refractivity contribution in [2.75, 3.05) is 6.61 Å². The Kier molecular flexibility index (Phi) is 4.39. The van der Waals surface area contributed by atoms with E-state index in [0.717, 1.165) is 30.1 Å². The van der Waals surface area contributed by atoms with Crippen LogP contribution in [0.4, 0.5) is 0 Å². The summed E-state index contributed by atoms with van der Waals surface area (Å²) in [6.45, 7) is 12.1. The number of rotatable bonds is 5. The van der Waals surface area contributed by atoms with Gasteiger partial charge in [0.1, 0.15) is 17.1 Å². The number of hydrogen-bond donors (Lipinski definition) is 1. The van der Waals surface area contributed by atoms with E-state index in [1.165, 1.54) is 10.9 Å². The summed E-state index contributed by atoms with van der Waals surface area (Å²) in [7, 11) is 0. The maximum absolute atomic E-state index is 6.00. The third kappa shape index (κ3) is 3.34. The minimum atomic E-state index is 0.0838. The molecule has 0 fully saturated rings. The zero-order valence-corrected chi connectivity index (χ0v) is 13.2. The topological polar surface area (TPSA) is 34.4 Å². The third-order valence-electron chi connectivity index (χ3n) is 3.29. The zero-order chi connectivity index (χ0) is 14.8. The Balaban J connectivity index is 2.35. The first kappa shape index (κ1) is 14.9. The van der Waals surface area contributed by atoms with Crippen LogP contribution in [0.5, 0.6) is 5.75 Å². The molecular weight excluding hydrogens is 250 g/mol. The normalized spacial score (nSPS) is 12.1. The summed E-state index contributed by atoms with van der Waals surface area (Å²) in [6.07, 6.45) is 0.962. The summed E-state index contributed by atoms with van der Waals surface area (Å²) in [6, 6.07) is 6.05. The summed E-state index contributed by atoms with van der Waals surface area (Å²) in [5.41, 5.74) is 2.30. The Morgan fingerprint density at radius 1 is 1.20 bits per heavy atom. The van der Waals surface area contributed by atoms with Gasteiger partial charge in [0.15, 0.2) is 0 Å². The SMILES string of the molecule is CCOc1ccc2oc(CNC(C)(C)C)c(CC)c2c1. The van der Waals surface area contributed by atoms with Crippen molar-refractivity contribution in [3.8, 4) is 5.75 Å². The molecule has 1 N–H and O–H groups in total. The van der Waals surface area contributed by atoms with Gasteiger partial charge in [-0.05, 0) is 52.3 Å². The number of aryl methyl sites for hydroxylation is 1. The summed E-state index contributed by atoms with van der Waals surface area (Å²) in [5.74, 6) is 1.94. The highest BCUT2D eigenvalue weighted by Gasteiger charge is 2.16. The van der Waals surface area contributed by atoms with E-state index in [9.17, 15) is 0 Å². The molecule has 0 aliphatic heterocycles. The van der Waals surface area contributed by atoms with Gasteiger partial charge in [0.2, 0.25) is 0 Å². The lowest BCUT2D eigenvalue weighted by Gasteiger charge is -2.19. The third-order valence-corrected chi connectivity index (χ3v) is 3.29. The maximum Gasteiger partial charge on any atom is 0.134 e. The van der Waals surface area contributed by atoms with Crippen molar-refractivity contribution in [2.45, 2.75) is 53.1 Å². The molecule has 0 bridgehead atoms. The van der Waals surface area contributed by atoms with Crippen molar-refractivity contribution < 1.29 is 9.15 Å². The lowest BCUT2D eigenvalue weighted by molar-refractivity contribution is 0.340. The van der Waals surface area contributed by atoms with E-state index in [1.54, 1.807) is 0 Å². The molecule has 0 aliphatic carbocycles. The van der Waals surface area contributed by atoms with Gasteiger partial charge in [-0.25, -0.2) is 0 Å². The molecule has 0 radical (unpaired) electrons. The molecule has 3 heteroatoms. The fourth-order valence-electron chi connectivity index (χ4n) is 2.31. The van der Waals surface area contributed by atoms with E-state index >= 15 is 0 Å². The zero-order valence-electron chi connectivity index (χ0n) is 13.2. The van der Waals surface area contributed by atoms with E-state index in [1.807, 2.05) is 19.1 Å². The second kappa shape index (κ2) is 5.88. The van der Waals surface area contributed by atoms with Gasteiger partial charge in [0.25, 0.3) is 0 Å². The minimum Gasteiger partial charge on any atom is -0.494 e. The molecule has 3 nitrogen and oxygen atoms in total. The Hall–Kier alpha value is -1.48. The number of ether oxygens (including phenoxy) is 1. The summed E-state index contributed by atoms with van der Waals surface area (Å²) in [4.78, 5) is 0. The maximum atomic E-state index is 6.00. The van der Waals surface area contributed by atoms with Crippen LogP contribution in [-0.4, -0.2) is 12.1 Å². The lowest BCUT2D eigenvalue weighted by atomic mass is 10.1. The molecule has 2 rings (SSSR count). The molecular formula is C17H25NO2. The van der Waals surface area contributed by atoms with Crippen LogP contribution in [0.25, 0.3) is 11.0 Å². The first-order valence-electron chi connectivity index (χ1n) is 7.36. The monoisotopic (exact) mass is 275 g/mol. The van der Waals surface area contributed by atoms with E-state index in [-0.39, 0.29) is 5.54 Å². The van der Waals surface area contributed by atoms with Crippen molar-refractivity contribution in [2.24, 2.45) is 0 Å². The van der Waals surface area contributed by atoms with Crippen molar-refractivity contribution in [3.05, 3.63) is 29.5 Å². The second-order valence-corrected chi connectivity index (χ2v) is 6.05. The minimum absolute atomic E-state index is 0.0838. The molecule has 2 aromatic rings. The Labute approximate surface area is 121 Å². The Bertz CT molecular complexity index is 578. The molecule has 110 valence electrons. The van der Waals surface area contributed by atoms with Gasteiger partial charge < -0.3 is 14.5 Å². The van der Waals surface area contributed by atoms with Crippen LogP contribution in [0.15, 0.2) is 22.6 Å². The van der Waals surface area contributed by atoms with Crippen LogP contribution < -0.4 is 10.1 Å². The number of hydrogen-bond acceptors (Lipinski definition) is 3. The highest BCUT2D eigenvalue weighted by molar-refractivity contribution is 5.83. The molecule has 0 amide bonds. The summed E-state index contributed by atoms with van der Waals surface area (Å²) in [5, 5.41) is 4.66. The molecule has 0 spiro atoms. The predicted molar refractivity (Wildman–Crippen MR) is 83.4 cm³/mol. The van der Waals surface area contributed by atoms with Crippen LogP contribution >= 0.6 is 0 Å². The first-order valence-corrected chi connectivity index (χ1v) is 7.36. The average Bonchev–Trinajstić information content (AvgIpc) is 2.73. The van der Waals surface area contributed by atoms with Gasteiger partial charge >= 0.3 is 0 Å². The van der Waals surface area contributed by atoms with E-state index < -0.39 is 0 Å². The predicted octanol–water partition coefficient (Wildman–Crippen LogP) is 4.28. The summed E-state index contributed by atoms with van der Waals surface area (Å²) < 4.78 is 11.6. The second-order valence-electron chi connectivity index (χ2n) is 6.05. The summed E-state index contributed by atoms with van der Waals surface area (Å²) >= 11 is 0. The first-order chi connectivity index (χ1) is 9.44. The Morgan fingerprint density at radius 3 is 2.55 bits per heavy atom.